The maximum Gasteiger partial charge on any atom is 0.410 e. The fourth-order valence-corrected chi connectivity index (χ4v) is 4.30. The first-order valence-electron chi connectivity index (χ1n) is 11.9. The van der Waals surface area contributed by atoms with E-state index in [0.29, 0.717) is 32.0 Å². The molecule has 35 heavy (non-hydrogen) atoms. The number of para-hydroxylation sites is 1. The number of ether oxygens (including phenoxy) is 1. The molecule has 0 radical (unpaired) electrons. The highest BCUT2D eigenvalue weighted by molar-refractivity contribution is 5.93. The molecule has 8 nitrogen and oxygen atoms in total. The molecule has 4 rings (SSSR count). The maximum absolute atomic E-state index is 12.8. The second-order valence-corrected chi connectivity index (χ2v) is 9.90. The molecule has 2 aromatic heterocycles. The van der Waals surface area contributed by atoms with E-state index in [1.165, 1.54) is 0 Å². The zero-order chi connectivity index (χ0) is 25.2. The van der Waals surface area contributed by atoms with Crippen LogP contribution in [0.5, 0.6) is 0 Å². The Hall–Kier alpha value is -3.68. The van der Waals surface area contributed by atoms with E-state index in [2.05, 4.69) is 20.2 Å². The molecule has 0 unspecified atom stereocenters. The van der Waals surface area contributed by atoms with Crippen LogP contribution in [-0.2, 0) is 16.0 Å². The molecule has 0 spiro atoms. The summed E-state index contributed by atoms with van der Waals surface area (Å²) in [5.41, 5.74) is 4.29. The molecule has 3 heterocycles. The number of fused-ring (bicyclic) bond motifs is 1. The largest absolute Gasteiger partial charge is 0.444 e. The van der Waals surface area contributed by atoms with Crippen molar-refractivity contribution in [2.45, 2.75) is 46.6 Å². The Balaban J connectivity index is 1.34. The normalized spacial score (nSPS) is 14.2. The summed E-state index contributed by atoms with van der Waals surface area (Å²) in [5, 5.41) is 3.97. The van der Waals surface area contributed by atoms with Gasteiger partial charge in [0.1, 0.15) is 11.4 Å². The van der Waals surface area contributed by atoms with Crippen LogP contribution in [0.1, 0.15) is 37.6 Å². The van der Waals surface area contributed by atoms with Gasteiger partial charge in [-0.05, 0) is 63.9 Å². The number of piperazine rings is 1. The van der Waals surface area contributed by atoms with Crippen LogP contribution in [0.2, 0.25) is 0 Å². The summed E-state index contributed by atoms with van der Waals surface area (Å²) in [7, 11) is 0. The van der Waals surface area contributed by atoms with Gasteiger partial charge in [0.25, 0.3) is 0 Å². The molecule has 1 N–H and O–H groups in total. The van der Waals surface area contributed by atoms with Gasteiger partial charge in [0.2, 0.25) is 5.91 Å². The van der Waals surface area contributed by atoms with Crippen LogP contribution in [0.25, 0.3) is 10.9 Å². The number of carbonyl (C=O) groups excluding carboxylic acids is 2. The van der Waals surface area contributed by atoms with Crippen LogP contribution in [0, 0.1) is 13.8 Å². The van der Waals surface area contributed by atoms with Crippen LogP contribution >= 0.6 is 0 Å². The fraction of sp³-hybridized carbons (Fsp3) is 0.407. The van der Waals surface area contributed by atoms with Crippen molar-refractivity contribution < 1.29 is 14.3 Å². The summed E-state index contributed by atoms with van der Waals surface area (Å²) in [6.07, 6.45) is 1.72. The molecule has 1 saturated heterocycles. The van der Waals surface area contributed by atoms with Crippen molar-refractivity contribution in [3.05, 3.63) is 59.4 Å². The predicted molar refractivity (Wildman–Crippen MR) is 138 cm³/mol. The molecule has 0 aliphatic carbocycles. The molecule has 8 heteroatoms. The van der Waals surface area contributed by atoms with Crippen molar-refractivity contribution in [2.24, 2.45) is 0 Å². The zero-order valence-electron chi connectivity index (χ0n) is 21.1. The lowest BCUT2D eigenvalue weighted by molar-refractivity contribution is -0.115. The number of hydrogen-bond donors (Lipinski definition) is 1. The highest BCUT2D eigenvalue weighted by atomic mass is 16.6. The van der Waals surface area contributed by atoms with Crippen molar-refractivity contribution in [3.63, 3.8) is 0 Å². The lowest BCUT2D eigenvalue weighted by Crippen LogP contribution is -2.50. The highest BCUT2D eigenvalue weighted by Crippen LogP contribution is 2.24. The number of aryl methyl sites for hydroxylation is 2. The summed E-state index contributed by atoms with van der Waals surface area (Å²) in [5.74, 6) is 0.384. The van der Waals surface area contributed by atoms with Gasteiger partial charge < -0.3 is 19.9 Å². The summed E-state index contributed by atoms with van der Waals surface area (Å²) >= 11 is 0. The van der Waals surface area contributed by atoms with Crippen LogP contribution < -0.4 is 10.2 Å². The lowest BCUT2D eigenvalue weighted by Gasteiger charge is -2.36. The monoisotopic (exact) mass is 475 g/mol. The molecule has 184 valence electrons. The lowest BCUT2D eigenvalue weighted by atomic mass is 9.99. The van der Waals surface area contributed by atoms with Gasteiger partial charge in [-0.25, -0.2) is 9.78 Å². The number of carbonyl (C=O) groups is 2. The Bertz CT molecular complexity index is 1230. The summed E-state index contributed by atoms with van der Waals surface area (Å²) < 4.78 is 5.46. The topological polar surface area (TPSA) is 87.7 Å². The number of pyridine rings is 2. The molecule has 0 bridgehead atoms. The van der Waals surface area contributed by atoms with Crippen molar-refractivity contribution in [1.29, 1.82) is 0 Å². The van der Waals surface area contributed by atoms with Crippen LogP contribution in [0.15, 0.2) is 42.6 Å². The molecule has 0 saturated carbocycles. The molecular weight excluding hydrogens is 442 g/mol. The third kappa shape index (κ3) is 5.88. The van der Waals surface area contributed by atoms with E-state index < -0.39 is 5.60 Å². The number of nitrogens with one attached hydrogen (secondary N) is 1. The van der Waals surface area contributed by atoms with Gasteiger partial charge in [-0.2, -0.15) is 0 Å². The minimum Gasteiger partial charge on any atom is -0.444 e. The van der Waals surface area contributed by atoms with Crippen LogP contribution in [-0.4, -0.2) is 58.6 Å². The van der Waals surface area contributed by atoms with Crippen LogP contribution in [0.3, 0.4) is 0 Å². The van der Waals surface area contributed by atoms with E-state index in [0.717, 1.165) is 33.4 Å². The Morgan fingerprint density at radius 3 is 2.40 bits per heavy atom. The van der Waals surface area contributed by atoms with Crippen molar-refractivity contribution >= 4 is 34.4 Å². The van der Waals surface area contributed by atoms with Crippen molar-refractivity contribution in [2.75, 3.05) is 36.4 Å². The Morgan fingerprint density at radius 2 is 1.74 bits per heavy atom. The van der Waals surface area contributed by atoms with Gasteiger partial charge in [-0.15, -0.1) is 0 Å². The van der Waals surface area contributed by atoms with Gasteiger partial charge in [0.05, 0.1) is 23.8 Å². The molecule has 0 atom stereocenters. The van der Waals surface area contributed by atoms with E-state index in [1.54, 1.807) is 11.1 Å². The first-order chi connectivity index (χ1) is 16.6. The number of benzene rings is 1. The Morgan fingerprint density at radius 1 is 1.03 bits per heavy atom. The van der Waals surface area contributed by atoms with E-state index in [-0.39, 0.29) is 18.4 Å². The number of rotatable bonds is 4. The highest BCUT2D eigenvalue weighted by Gasteiger charge is 2.26. The SMILES string of the molecule is Cc1nc2ccccc2c(C)c1CC(=O)Nc1ccc(N2CCN(C(=O)OC(C)(C)C)CC2)cn1. The number of anilines is 2. The maximum atomic E-state index is 12.8. The molecular formula is C27H33N5O3. The van der Waals surface area contributed by atoms with E-state index in [1.807, 2.05) is 71.0 Å². The molecule has 1 aliphatic heterocycles. The number of aromatic nitrogens is 2. The summed E-state index contributed by atoms with van der Waals surface area (Å²) in [4.78, 5) is 38.0. The van der Waals surface area contributed by atoms with Gasteiger partial charge >= 0.3 is 6.09 Å². The predicted octanol–water partition coefficient (Wildman–Crippen LogP) is 4.48. The fourth-order valence-electron chi connectivity index (χ4n) is 4.30. The van der Waals surface area contributed by atoms with Gasteiger partial charge in [0.15, 0.2) is 0 Å². The van der Waals surface area contributed by atoms with E-state index in [9.17, 15) is 9.59 Å². The number of hydrogen-bond acceptors (Lipinski definition) is 6. The second kappa shape index (κ2) is 9.90. The van der Waals surface area contributed by atoms with Gasteiger partial charge in [0, 0.05) is 37.3 Å². The number of nitrogens with zero attached hydrogens (tertiary/aromatic N) is 4. The Kier molecular flexibility index (Phi) is 6.91. The number of amides is 2. The average Bonchev–Trinajstić information content (AvgIpc) is 2.81. The van der Waals surface area contributed by atoms with Gasteiger partial charge in [-0.1, -0.05) is 18.2 Å². The first-order valence-corrected chi connectivity index (χ1v) is 11.9. The quantitative estimate of drug-likeness (QED) is 0.598. The minimum absolute atomic E-state index is 0.125. The molecule has 2 amide bonds. The second-order valence-electron chi connectivity index (χ2n) is 9.90. The molecule has 1 aliphatic rings. The third-order valence-electron chi connectivity index (χ3n) is 6.13. The average molecular weight is 476 g/mol. The van der Waals surface area contributed by atoms with E-state index in [4.69, 9.17) is 4.74 Å². The van der Waals surface area contributed by atoms with E-state index >= 15 is 0 Å². The smallest absolute Gasteiger partial charge is 0.410 e. The minimum atomic E-state index is -0.499. The first kappa shape index (κ1) is 24.4. The molecule has 1 aromatic carbocycles. The molecule has 3 aromatic rings. The van der Waals surface area contributed by atoms with Gasteiger partial charge in [-0.3, -0.25) is 9.78 Å². The summed E-state index contributed by atoms with van der Waals surface area (Å²) in [6, 6.07) is 11.7. The summed E-state index contributed by atoms with van der Waals surface area (Å²) in [6.45, 7) is 12.2. The zero-order valence-corrected chi connectivity index (χ0v) is 21.1. The molecule has 1 fully saturated rings. The Labute approximate surface area is 206 Å². The van der Waals surface area contributed by atoms with Crippen LogP contribution in [0.4, 0.5) is 16.3 Å². The van der Waals surface area contributed by atoms with Crippen molar-refractivity contribution in [1.82, 2.24) is 14.9 Å². The van der Waals surface area contributed by atoms with Crippen molar-refractivity contribution in [3.8, 4) is 0 Å². The standard InChI is InChI=1S/C27H33N5O3/c1-18-21-8-6-7-9-23(21)29-19(2)22(18)16-25(33)30-24-11-10-20(17-28-24)31-12-14-32(15-13-31)26(34)35-27(3,4)5/h6-11,17H,12-16H2,1-5H3,(H,28,30,33). The third-order valence-corrected chi connectivity index (χ3v) is 6.13.